The van der Waals surface area contributed by atoms with Crippen molar-refractivity contribution in [1.29, 1.82) is 0 Å². The third-order valence-corrected chi connectivity index (χ3v) is 4.52. The third kappa shape index (κ3) is 7.78. The Morgan fingerprint density at radius 2 is 1.29 bits per heavy atom. The number of rotatable bonds is 7. The Kier molecular flexibility index (Phi) is 8.21. The Balaban J connectivity index is 2.40. The Labute approximate surface area is 132 Å². The summed E-state index contributed by atoms with van der Waals surface area (Å²) in [5, 5.41) is 0. The van der Waals surface area contributed by atoms with Crippen molar-refractivity contribution >= 4 is 11.4 Å². The summed E-state index contributed by atoms with van der Waals surface area (Å²) in [5.41, 5.74) is 2.69. The van der Waals surface area contributed by atoms with Gasteiger partial charge >= 0.3 is 0 Å². The van der Waals surface area contributed by atoms with Gasteiger partial charge in [-0.15, -0.1) is 0 Å². The van der Waals surface area contributed by atoms with Crippen LogP contribution in [0.5, 0.6) is 0 Å². The van der Waals surface area contributed by atoms with Gasteiger partial charge in [0.1, 0.15) is 0 Å². The number of hydrogen-bond acceptors (Lipinski definition) is 2. The number of hydrogen-bond donors (Lipinski definition) is 0. The lowest BCUT2D eigenvalue weighted by Gasteiger charge is -2.25. The maximum Gasteiger partial charge on any atom is 0.0500 e. The van der Waals surface area contributed by atoms with E-state index in [2.05, 4.69) is 41.5 Å². The highest BCUT2D eigenvalue weighted by molar-refractivity contribution is 5.82. The van der Waals surface area contributed by atoms with Crippen molar-refractivity contribution in [1.82, 2.24) is 0 Å². The van der Waals surface area contributed by atoms with E-state index in [9.17, 15) is 0 Å². The normalized spacial score (nSPS) is 26.2. The molecule has 0 spiro atoms. The minimum absolute atomic E-state index is 0.560. The zero-order valence-electron chi connectivity index (χ0n) is 15.2. The first-order valence-electron chi connectivity index (χ1n) is 8.97. The van der Waals surface area contributed by atoms with E-state index < -0.39 is 0 Å². The molecule has 1 saturated carbocycles. The predicted molar refractivity (Wildman–Crippen MR) is 95.8 cm³/mol. The van der Waals surface area contributed by atoms with Gasteiger partial charge in [-0.25, -0.2) is 0 Å². The van der Waals surface area contributed by atoms with Crippen molar-refractivity contribution in [3.05, 3.63) is 0 Å². The first-order chi connectivity index (χ1) is 9.90. The molecule has 1 aliphatic carbocycles. The van der Waals surface area contributed by atoms with Gasteiger partial charge in [0.15, 0.2) is 0 Å². The van der Waals surface area contributed by atoms with Crippen molar-refractivity contribution in [3.8, 4) is 0 Å². The second-order valence-corrected chi connectivity index (χ2v) is 7.51. The van der Waals surface area contributed by atoms with E-state index in [1.54, 1.807) is 0 Å². The van der Waals surface area contributed by atoms with E-state index in [-0.39, 0.29) is 0 Å². The van der Waals surface area contributed by atoms with Gasteiger partial charge in [0.25, 0.3) is 0 Å². The molecule has 0 aromatic heterocycles. The smallest absolute Gasteiger partial charge is 0.0500 e. The van der Waals surface area contributed by atoms with E-state index in [4.69, 9.17) is 9.98 Å². The molecule has 0 bridgehead atoms. The van der Waals surface area contributed by atoms with Crippen LogP contribution in [0.25, 0.3) is 0 Å². The second-order valence-electron chi connectivity index (χ2n) is 7.51. The summed E-state index contributed by atoms with van der Waals surface area (Å²) in [6, 6.07) is 1.12. The summed E-state index contributed by atoms with van der Waals surface area (Å²) in [6.45, 7) is 13.5. The fourth-order valence-electron chi connectivity index (χ4n) is 3.28. The molecule has 0 amide bonds. The first-order valence-corrected chi connectivity index (χ1v) is 8.97. The molecule has 21 heavy (non-hydrogen) atoms. The van der Waals surface area contributed by atoms with Crippen LogP contribution in [-0.2, 0) is 0 Å². The van der Waals surface area contributed by atoms with Gasteiger partial charge in [-0.3, -0.25) is 9.98 Å². The molecule has 0 saturated heterocycles. The zero-order chi connectivity index (χ0) is 15.8. The molecule has 0 aromatic rings. The molecule has 0 heterocycles. The largest absolute Gasteiger partial charge is 0.291 e. The number of nitrogens with zero attached hydrogens (tertiary/aromatic N) is 2. The molecule has 0 N–H and O–H groups in total. The predicted octanol–water partition coefficient (Wildman–Crippen LogP) is 5.70. The summed E-state index contributed by atoms with van der Waals surface area (Å²) in [4.78, 5) is 9.87. The van der Waals surface area contributed by atoms with Gasteiger partial charge < -0.3 is 0 Å². The van der Waals surface area contributed by atoms with Crippen LogP contribution in [0.3, 0.4) is 0 Å². The Hall–Kier alpha value is -0.660. The molecular formula is C19H36N2. The van der Waals surface area contributed by atoms with Crippen LogP contribution in [0.1, 0.15) is 86.5 Å². The van der Waals surface area contributed by atoms with Gasteiger partial charge in [-0.2, -0.15) is 0 Å². The van der Waals surface area contributed by atoms with Crippen LogP contribution in [0.2, 0.25) is 0 Å². The molecule has 1 unspecified atom stereocenters. The lowest BCUT2D eigenvalue weighted by atomic mass is 9.91. The molecule has 1 aliphatic rings. The second kappa shape index (κ2) is 9.38. The lowest BCUT2D eigenvalue weighted by Crippen LogP contribution is -2.22. The van der Waals surface area contributed by atoms with Crippen LogP contribution < -0.4 is 0 Å². The van der Waals surface area contributed by atoms with Crippen molar-refractivity contribution < 1.29 is 0 Å². The Bertz CT molecular complexity index is 347. The molecule has 1 fully saturated rings. The van der Waals surface area contributed by atoms with E-state index in [1.807, 2.05) is 0 Å². The topological polar surface area (TPSA) is 24.7 Å². The SMILES string of the molecule is CCC(C)CC(C)=NC1CCC(N=C(C)CC(C)C)CC1. The maximum atomic E-state index is 4.95. The van der Waals surface area contributed by atoms with E-state index in [1.165, 1.54) is 49.9 Å². The molecule has 1 rings (SSSR count). The van der Waals surface area contributed by atoms with Gasteiger partial charge in [0, 0.05) is 23.5 Å². The highest BCUT2D eigenvalue weighted by Gasteiger charge is 2.20. The molecule has 0 aliphatic heterocycles. The minimum Gasteiger partial charge on any atom is -0.291 e. The van der Waals surface area contributed by atoms with Gasteiger partial charge in [0.05, 0.1) is 0 Å². The van der Waals surface area contributed by atoms with Crippen LogP contribution in [0.15, 0.2) is 9.98 Å². The summed E-state index contributed by atoms with van der Waals surface area (Å²) >= 11 is 0. The van der Waals surface area contributed by atoms with Crippen molar-refractivity contribution in [3.63, 3.8) is 0 Å². The van der Waals surface area contributed by atoms with Crippen LogP contribution >= 0.6 is 0 Å². The van der Waals surface area contributed by atoms with Gasteiger partial charge in [-0.1, -0.05) is 34.1 Å². The maximum absolute atomic E-state index is 4.95. The highest BCUT2D eigenvalue weighted by atomic mass is 14.8. The van der Waals surface area contributed by atoms with Crippen LogP contribution in [0.4, 0.5) is 0 Å². The summed E-state index contributed by atoms with van der Waals surface area (Å²) in [7, 11) is 0. The van der Waals surface area contributed by atoms with Gasteiger partial charge in [-0.05, 0) is 64.2 Å². The molecule has 2 nitrogen and oxygen atoms in total. The highest BCUT2D eigenvalue weighted by Crippen LogP contribution is 2.25. The standard InChI is InChI=1S/C19H36N2/c1-7-15(4)13-17(6)21-19-10-8-18(9-11-19)20-16(5)12-14(2)3/h14-15,18-19H,7-13H2,1-6H3. The van der Waals surface area contributed by atoms with Crippen molar-refractivity contribution in [2.24, 2.45) is 21.8 Å². The molecule has 2 heteroatoms. The minimum atomic E-state index is 0.560. The average Bonchev–Trinajstić information content (AvgIpc) is 2.39. The molecule has 0 radical (unpaired) electrons. The van der Waals surface area contributed by atoms with Crippen LogP contribution in [-0.4, -0.2) is 23.5 Å². The quantitative estimate of drug-likeness (QED) is 0.538. The Morgan fingerprint density at radius 3 is 1.67 bits per heavy atom. The van der Waals surface area contributed by atoms with Crippen molar-refractivity contribution in [2.45, 2.75) is 98.6 Å². The summed E-state index contributed by atoms with van der Waals surface area (Å²) < 4.78 is 0. The molecule has 1 atom stereocenters. The lowest BCUT2D eigenvalue weighted by molar-refractivity contribution is 0.396. The van der Waals surface area contributed by atoms with Crippen molar-refractivity contribution in [2.75, 3.05) is 0 Å². The third-order valence-electron chi connectivity index (χ3n) is 4.52. The fraction of sp³-hybridized carbons (Fsp3) is 0.895. The molecule has 0 aromatic carbocycles. The van der Waals surface area contributed by atoms with E-state index >= 15 is 0 Å². The zero-order valence-corrected chi connectivity index (χ0v) is 15.2. The first kappa shape index (κ1) is 18.4. The average molecular weight is 293 g/mol. The summed E-state index contributed by atoms with van der Waals surface area (Å²) in [5.74, 6) is 1.49. The van der Waals surface area contributed by atoms with Gasteiger partial charge in [0.2, 0.25) is 0 Å². The fourth-order valence-corrected chi connectivity index (χ4v) is 3.28. The molecular weight excluding hydrogens is 256 g/mol. The Morgan fingerprint density at radius 1 is 0.857 bits per heavy atom. The monoisotopic (exact) mass is 292 g/mol. The van der Waals surface area contributed by atoms with E-state index in [0.717, 1.165) is 18.3 Å². The number of aliphatic imine (C=N–C) groups is 2. The van der Waals surface area contributed by atoms with E-state index in [0.29, 0.717) is 12.1 Å². The van der Waals surface area contributed by atoms with Crippen LogP contribution in [0, 0.1) is 11.8 Å². The molecule has 122 valence electrons. The summed E-state index contributed by atoms with van der Waals surface area (Å²) in [6.07, 6.45) is 8.46.